The first kappa shape index (κ1) is 11.7. The summed E-state index contributed by atoms with van der Waals surface area (Å²) in [7, 11) is 1.65. The monoisotopic (exact) mass is 223 g/mol. The van der Waals surface area contributed by atoms with Gasteiger partial charge >= 0.3 is 6.18 Å². The lowest BCUT2D eigenvalue weighted by Crippen LogP contribution is -2.10. The fourth-order valence-electron chi connectivity index (χ4n) is 1.04. The highest BCUT2D eigenvalue weighted by molar-refractivity contribution is 5.45. The molecule has 0 aliphatic rings. The molecule has 0 fully saturated rings. The van der Waals surface area contributed by atoms with Gasteiger partial charge in [-0.1, -0.05) is 0 Å². The maximum atomic E-state index is 11.8. The Morgan fingerprint density at radius 2 is 2.20 bits per heavy atom. The molecular weight excluding hydrogens is 211 g/mol. The van der Waals surface area contributed by atoms with Crippen LogP contribution in [-0.4, -0.2) is 22.6 Å². The van der Waals surface area contributed by atoms with Crippen LogP contribution in [-0.2, 0) is 7.05 Å². The molecule has 4 nitrogen and oxygen atoms in total. The molecule has 1 aromatic heterocycles. The van der Waals surface area contributed by atoms with Crippen LogP contribution in [0.2, 0.25) is 0 Å². The van der Waals surface area contributed by atoms with Gasteiger partial charge in [-0.05, 0) is 6.42 Å². The maximum Gasteiger partial charge on any atom is 0.389 e. The molecule has 0 saturated heterocycles. The Morgan fingerprint density at radius 1 is 1.53 bits per heavy atom. The third-order valence-electron chi connectivity index (χ3n) is 1.66. The number of nitrogens with zero attached hydrogens (tertiary/aromatic N) is 2. The van der Waals surface area contributed by atoms with Crippen LogP contribution in [0.15, 0.2) is 6.20 Å². The van der Waals surface area contributed by atoms with Crippen LogP contribution in [0.4, 0.5) is 18.9 Å². The predicted molar refractivity (Wildman–Crippen MR) is 48.4 cm³/mol. The zero-order valence-electron chi connectivity index (χ0n) is 8.21. The number of aryl methyl sites for hydroxylation is 1. The lowest BCUT2D eigenvalue weighted by Gasteiger charge is -2.06. The molecule has 1 rings (SSSR count). The van der Waals surface area contributed by atoms with Gasteiger partial charge in [0, 0.05) is 13.5 Å². The molecule has 0 bridgehead atoms. The second kappa shape index (κ2) is 4.41. The van der Waals surface area contributed by atoms with Gasteiger partial charge in [0.1, 0.15) is 5.69 Å². The Kier molecular flexibility index (Phi) is 3.43. The minimum Gasteiger partial charge on any atom is -0.475 e. The molecule has 2 N–H and O–H groups in total. The third kappa shape index (κ3) is 4.09. The van der Waals surface area contributed by atoms with Gasteiger partial charge in [-0.25, -0.2) is 0 Å². The van der Waals surface area contributed by atoms with Gasteiger partial charge in [0.25, 0.3) is 5.88 Å². The number of hydrogen-bond donors (Lipinski definition) is 1. The number of hydrogen-bond acceptors (Lipinski definition) is 3. The number of nitrogen functional groups attached to an aromatic ring is 1. The number of halogens is 3. The van der Waals surface area contributed by atoms with Gasteiger partial charge in [-0.2, -0.15) is 13.2 Å². The second-order valence-corrected chi connectivity index (χ2v) is 3.13. The molecule has 86 valence electrons. The van der Waals surface area contributed by atoms with Crippen molar-refractivity contribution < 1.29 is 17.9 Å². The molecule has 0 aliphatic carbocycles. The van der Waals surface area contributed by atoms with E-state index >= 15 is 0 Å². The van der Waals surface area contributed by atoms with E-state index in [1.807, 2.05) is 0 Å². The fourth-order valence-corrected chi connectivity index (χ4v) is 1.04. The smallest absolute Gasteiger partial charge is 0.389 e. The van der Waals surface area contributed by atoms with Gasteiger partial charge in [0.2, 0.25) is 0 Å². The van der Waals surface area contributed by atoms with Gasteiger partial charge in [-0.3, -0.25) is 4.68 Å². The number of anilines is 1. The Morgan fingerprint density at radius 3 is 2.67 bits per heavy atom. The Labute approximate surface area is 84.8 Å². The average Bonchev–Trinajstić information content (AvgIpc) is 2.37. The summed E-state index contributed by atoms with van der Waals surface area (Å²) in [5, 5.41) is 3.83. The van der Waals surface area contributed by atoms with E-state index in [1.54, 1.807) is 7.05 Å². The van der Waals surface area contributed by atoms with Crippen molar-refractivity contribution in [1.82, 2.24) is 9.78 Å². The summed E-state index contributed by atoms with van der Waals surface area (Å²) in [6.07, 6.45) is -3.57. The highest BCUT2D eigenvalue weighted by Gasteiger charge is 2.26. The van der Waals surface area contributed by atoms with Crippen LogP contribution in [0, 0.1) is 0 Å². The molecule has 0 aromatic carbocycles. The van der Waals surface area contributed by atoms with Crippen molar-refractivity contribution in [3.05, 3.63) is 6.20 Å². The van der Waals surface area contributed by atoms with Crippen LogP contribution < -0.4 is 10.5 Å². The molecule has 7 heteroatoms. The van der Waals surface area contributed by atoms with E-state index in [1.165, 1.54) is 10.9 Å². The van der Waals surface area contributed by atoms with E-state index < -0.39 is 12.6 Å². The molecule has 0 aliphatic heterocycles. The van der Waals surface area contributed by atoms with Crippen LogP contribution in [0.1, 0.15) is 12.8 Å². The molecule has 0 atom stereocenters. The van der Waals surface area contributed by atoms with Gasteiger partial charge < -0.3 is 10.5 Å². The highest BCUT2D eigenvalue weighted by Crippen LogP contribution is 2.22. The quantitative estimate of drug-likeness (QED) is 0.791. The summed E-state index contributed by atoms with van der Waals surface area (Å²) < 4.78 is 41.7. The van der Waals surface area contributed by atoms with E-state index in [0.717, 1.165) is 0 Å². The van der Waals surface area contributed by atoms with Crippen LogP contribution in [0.5, 0.6) is 5.88 Å². The minimum absolute atomic E-state index is 0.0409. The molecular formula is C8H12F3N3O. The van der Waals surface area contributed by atoms with Crippen LogP contribution in [0.3, 0.4) is 0 Å². The topological polar surface area (TPSA) is 53.1 Å². The van der Waals surface area contributed by atoms with Crippen LogP contribution in [0.25, 0.3) is 0 Å². The molecule has 0 spiro atoms. The Hall–Kier alpha value is -1.40. The number of alkyl halides is 3. The van der Waals surface area contributed by atoms with Gasteiger partial charge in [0.05, 0.1) is 12.8 Å². The minimum atomic E-state index is -4.14. The van der Waals surface area contributed by atoms with E-state index in [9.17, 15) is 13.2 Å². The predicted octanol–water partition coefficient (Wildman–Crippen LogP) is 1.72. The lowest BCUT2D eigenvalue weighted by molar-refractivity contribution is -0.136. The van der Waals surface area contributed by atoms with E-state index in [0.29, 0.717) is 5.69 Å². The summed E-state index contributed by atoms with van der Waals surface area (Å²) in [6, 6.07) is 0. The van der Waals surface area contributed by atoms with Crippen molar-refractivity contribution >= 4 is 5.69 Å². The third-order valence-corrected chi connectivity index (χ3v) is 1.66. The Bertz CT molecular complexity index is 321. The highest BCUT2D eigenvalue weighted by atomic mass is 19.4. The van der Waals surface area contributed by atoms with Gasteiger partial charge in [0.15, 0.2) is 0 Å². The molecule has 15 heavy (non-hydrogen) atoms. The van der Waals surface area contributed by atoms with Crippen molar-refractivity contribution in [3.63, 3.8) is 0 Å². The molecule has 0 unspecified atom stereocenters. The SMILES string of the molecule is Cn1cc(N)c(OCCCC(F)(F)F)n1. The second-order valence-electron chi connectivity index (χ2n) is 3.13. The average molecular weight is 223 g/mol. The largest absolute Gasteiger partial charge is 0.475 e. The summed E-state index contributed by atoms with van der Waals surface area (Å²) >= 11 is 0. The van der Waals surface area contributed by atoms with Crippen LogP contribution >= 0.6 is 0 Å². The Balaban J connectivity index is 2.29. The first-order chi connectivity index (χ1) is 6.88. The summed E-state index contributed by atoms with van der Waals surface area (Å²) in [6.45, 7) is -0.0409. The van der Waals surface area contributed by atoms with E-state index in [-0.39, 0.29) is 18.9 Å². The van der Waals surface area contributed by atoms with Crippen molar-refractivity contribution in [3.8, 4) is 5.88 Å². The van der Waals surface area contributed by atoms with E-state index in [4.69, 9.17) is 10.5 Å². The molecule has 0 amide bonds. The standard InChI is InChI=1S/C8H12F3N3O/c1-14-5-6(12)7(13-14)15-4-2-3-8(9,10)11/h5H,2-4,12H2,1H3. The first-order valence-corrected chi connectivity index (χ1v) is 4.37. The van der Waals surface area contributed by atoms with Crippen molar-refractivity contribution in [2.24, 2.45) is 7.05 Å². The van der Waals surface area contributed by atoms with E-state index in [2.05, 4.69) is 5.10 Å². The number of ether oxygens (including phenoxy) is 1. The normalized spacial score (nSPS) is 11.7. The molecule has 0 radical (unpaired) electrons. The number of rotatable bonds is 4. The zero-order valence-corrected chi connectivity index (χ0v) is 8.21. The maximum absolute atomic E-state index is 11.8. The van der Waals surface area contributed by atoms with Gasteiger partial charge in [-0.15, -0.1) is 5.10 Å². The van der Waals surface area contributed by atoms with Crippen molar-refractivity contribution in [1.29, 1.82) is 0 Å². The van der Waals surface area contributed by atoms with Crippen molar-refractivity contribution in [2.45, 2.75) is 19.0 Å². The summed E-state index contributed by atoms with van der Waals surface area (Å²) in [4.78, 5) is 0. The first-order valence-electron chi connectivity index (χ1n) is 4.37. The van der Waals surface area contributed by atoms with Crippen molar-refractivity contribution in [2.75, 3.05) is 12.3 Å². The molecule has 1 aromatic rings. The lowest BCUT2D eigenvalue weighted by atomic mass is 10.3. The summed E-state index contributed by atoms with van der Waals surface area (Å²) in [5.41, 5.74) is 5.80. The number of aromatic nitrogens is 2. The fraction of sp³-hybridized carbons (Fsp3) is 0.625. The number of nitrogens with two attached hydrogens (primary N) is 1. The molecule has 0 saturated carbocycles. The molecule has 1 heterocycles. The summed E-state index contributed by atoms with van der Waals surface area (Å²) in [5.74, 6) is 0.180. The zero-order chi connectivity index (χ0) is 11.5.